The number of guanidine groups is 1. The van der Waals surface area contributed by atoms with Gasteiger partial charge in [-0.2, -0.15) is 0 Å². The van der Waals surface area contributed by atoms with E-state index in [1.807, 2.05) is 11.9 Å². The summed E-state index contributed by atoms with van der Waals surface area (Å²) in [7, 11) is 1.89. The number of nitrogens with two attached hydrogens (primary N) is 1. The minimum Gasteiger partial charge on any atom is -0.370 e. The first kappa shape index (κ1) is 8.37. The number of hydrogen-bond donors (Lipinski definition) is 2. The van der Waals surface area contributed by atoms with Gasteiger partial charge in [0, 0.05) is 13.6 Å². The topological polar surface area (TPSA) is 53.1 Å². The van der Waals surface area contributed by atoms with Crippen molar-refractivity contribution in [3.05, 3.63) is 0 Å². The van der Waals surface area contributed by atoms with Crippen LogP contribution in [0.4, 0.5) is 0 Å². The number of nitrogens with zero attached hydrogens (tertiary/aromatic N) is 1. The highest BCUT2D eigenvalue weighted by molar-refractivity contribution is 5.74. The fourth-order valence-electron chi connectivity index (χ4n) is 1.68. The molecule has 0 bridgehead atoms. The lowest BCUT2D eigenvalue weighted by molar-refractivity contribution is 0.384. The third-order valence-corrected chi connectivity index (χ3v) is 2.42. The lowest BCUT2D eigenvalue weighted by Crippen LogP contribution is -2.35. The lowest BCUT2D eigenvalue weighted by atomic mass is 10.1. The number of hydrogen-bond acceptors (Lipinski definition) is 1. The second-order valence-electron chi connectivity index (χ2n) is 3.42. The Morgan fingerprint density at radius 2 is 2.09 bits per heavy atom. The molecule has 11 heavy (non-hydrogen) atoms. The van der Waals surface area contributed by atoms with Gasteiger partial charge in [-0.3, -0.25) is 5.41 Å². The predicted octanol–water partition coefficient (Wildman–Crippen LogP) is 1.00. The zero-order valence-corrected chi connectivity index (χ0v) is 7.14. The van der Waals surface area contributed by atoms with E-state index in [-0.39, 0.29) is 5.96 Å². The Bertz CT molecular complexity index is 138. The Balaban J connectivity index is 2.23. The van der Waals surface area contributed by atoms with E-state index in [0.717, 1.165) is 12.5 Å². The van der Waals surface area contributed by atoms with Crippen LogP contribution in [0.5, 0.6) is 0 Å². The van der Waals surface area contributed by atoms with Crippen LogP contribution in [-0.4, -0.2) is 24.5 Å². The molecule has 1 aliphatic rings. The van der Waals surface area contributed by atoms with Crippen molar-refractivity contribution in [3.8, 4) is 0 Å². The van der Waals surface area contributed by atoms with Gasteiger partial charge in [0.25, 0.3) is 0 Å². The molecule has 0 radical (unpaired) electrons. The van der Waals surface area contributed by atoms with Gasteiger partial charge in [0.2, 0.25) is 0 Å². The molecule has 1 aliphatic carbocycles. The largest absolute Gasteiger partial charge is 0.370 e. The molecule has 3 heteroatoms. The highest BCUT2D eigenvalue weighted by atomic mass is 15.2. The molecule has 64 valence electrons. The minimum atomic E-state index is 0.192. The Morgan fingerprint density at radius 1 is 1.55 bits per heavy atom. The van der Waals surface area contributed by atoms with Gasteiger partial charge in [-0.25, -0.2) is 0 Å². The van der Waals surface area contributed by atoms with Crippen LogP contribution in [0, 0.1) is 11.3 Å². The molecule has 0 saturated heterocycles. The summed E-state index contributed by atoms with van der Waals surface area (Å²) in [4.78, 5) is 1.83. The first-order valence-electron chi connectivity index (χ1n) is 4.25. The van der Waals surface area contributed by atoms with E-state index in [2.05, 4.69) is 0 Å². The van der Waals surface area contributed by atoms with Gasteiger partial charge in [0.05, 0.1) is 0 Å². The van der Waals surface area contributed by atoms with Crippen LogP contribution in [0.2, 0.25) is 0 Å². The van der Waals surface area contributed by atoms with E-state index in [1.54, 1.807) is 0 Å². The fourth-order valence-corrected chi connectivity index (χ4v) is 1.68. The zero-order valence-electron chi connectivity index (χ0n) is 7.14. The molecule has 0 heterocycles. The molecule has 0 aromatic carbocycles. The van der Waals surface area contributed by atoms with Crippen molar-refractivity contribution in [2.75, 3.05) is 13.6 Å². The maximum absolute atomic E-state index is 7.17. The van der Waals surface area contributed by atoms with Crippen molar-refractivity contribution in [1.29, 1.82) is 5.41 Å². The minimum absolute atomic E-state index is 0.192. The van der Waals surface area contributed by atoms with Crippen LogP contribution in [0.1, 0.15) is 25.7 Å². The van der Waals surface area contributed by atoms with Crippen molar-refractivity contribution in [1.82, 2.24) is 4.90 Å². The molecular formula is C8H17N3. The molecule has 0 atom stereocenters. The zero-order chi connectivity index (χ0) is 8.27. The van der Waals surface area contributed by atoms with Gasteiger partial charge in [-0.05, 0) is 18.8 Å². The molecule has 3 N–H and O–H groups in total. The Morgan fingerprint density at radius 3 is 2.55 bits per heavy atom. The molecule has 0 aliphatic heterocycles. The van der Waals surface area contributed by atoms with Crippen LogP contribution in [-0.2, 0) is 0 Å². The van der Waals surface area contributed by atoms with E-state index in [9.17, 15) is 0 Å². The summed E-state index contributed by atoms with van der Waals surface area (Å²) in [6.07, 6.45) is 5.35. The van der Waals surface area contributed by atoms with Gasteiger partial charge < -0.3 is 10.6 Å². The first-order chi connectivity index (χ1) is 5.20. The summed E-state index contributed by atoms with van der Waals surface area (Å²) in [6.45, 7) is 0.968. The van der Waals surface area contributed by atoms with Gasteiger partial charge in [-0.15, -0.1) is 0 Å². The summed E-state index contributed by atoms with van der Waals surface area (Å²) in [6, 6.07) is 0. The normalized spacial score (nSPS) is 18.6. The van der Waals surface area contributed by atoms with Crippen molar-refractivity contribution < 1.29 is 0 Å². The van der Waals surface area contributed by atoms with E-state index in [1.165, 1.54) is 25.7 Å². The summed E-state index contributed by atoms with van der Waals surface area (Å²) >= 11 is 0. The lowest BCUT2D eigenvalue weighted by Gasteiger charge is -2.20. The van der Waals surface area contributed by atoms with Crippen molar-refractivity contribution in [2.24, 2.45) is 11.7 Å². The van der Waals surface area contributed by atoms with E-state index >= 15 is 0 Å². The first-order valence-corrected chi connectivity index (χ1v) is 4.25. The van der Waals surface area contributed by atoms with E-state index in [0.29, 0.717) is 0 Å². The Labute approximate surface area is 68.1 Å². The van der Waals surface area contributed by atoms with E-state index in [4.69, 9.17) is 11.1 Å². The van der Waals surface area contributed by atoms with Crippen molar-refractivity contribution >= 4 is 5.96 Å². The standard InChI is InChI=1S/C8H17N3/c1-11(8(9)10)6-7-4-2-3-5-7/h7H,2-6H2,1H3,(H3,9,10). The third-order valence-electron chi connectivity index (χ3n) is 2.42. The van der Waals surface area contributed by atoms with Crippen LogP contribution < -0.4 is 5.73 Å². The number of nitrogens with one attached hydrogen (secondary N) is 1. The molecule has 0 amide bonds. The monoisotopic (exact) mass is 155 g/mol. The third kappa shape index (κ3) is 2.41. The molecule has 1 saturated carbocycles. The summed E-state index contributed by atoms with van der Waals surface area (Å²) in [5.41, 5.74) is 5.32. The molecular weight excluding hydrogens is 138 g/mol. The molecule has 1 rings (SSSR count). The highest BCUT2D eigenvalue weighted by Gasteiger charge is 2.16. The Kier molecular flexibility index (Phi) is 2.74. The van der Waals surface area contributed by atoms with E-state index < -0.39 is 0 Å². The van der Waals surface area contributed by atoms with Gasteiger partial charge in [0.1, 0.15) is 0 Å². The molecule has 0 unspecified atom stereocenters. The van der Waals surface area contributed by atoms with Gasteiger partial charge in [0.15, 0.2) is 5.96 Å². The van der Waals surface area contributed by atoms with Crippen LogP contribution in [0.15, 0.2) is 0 Å². The maximum atomic E-state index is 7.17. The molecule has 3 nitrogen and oxygen atoms in total. The van der Waals surface area contributed by atoms with Gasteiger partial charge >= 0.3 is 0 Å². The molecule has 1 fully saturated rings. The Hall–Kier alpha value is -0.730. The SMILES string of the molecule is CN(CC1CCCC1)C(=N)N. The summed E-state index contributed by atoms with van der Waals surface area (Å²) in [5, 5.41) is 7.17. The second-order valence-corrected chi connectivity index (χ2v) is 3.42. The van der Waals surface area contributed by atoms with Gasteiger partial charge in [-0.1, -0.05) is 12.8 Å². The van der Waals surface area contributed by atoms with Crippen molar-refractivity contribution in [2.45, 2.75) is 25.7 Å². The average Bonchev–Trinajstić information content (AvgIpc) is 2.39. The smallest absolute Gasteiger partial charge is 0.188 e. The van der Waals surface area contributed by atoms with Crippen molar-refractivity contribution in [3.63, 3.8) is 0 Å². The molecule has 0 spiro atoms. The molecule has 0 aromatic rings. The number of rotatable bonds is 2. The predicted molar refractivity (Wildman–Crippen MR) is 46.5 cm³/mol. The van der Waals surface area contributed by atoms with Crippen LogP contribution >= 0.6 is 0 Å². The maximum Gasteiger partial charge on any atom is 0.188 e. The quantitative estimate of drug-likeness (QED) is 0.462. The fraction of sp³-hybridized carbons (Fsp3) is 0.875. The van der Waals surface area contributed by atoms with Crippen LogP contribution in [0.25, 0.3) is 0 Å². The second kappa shape index (κ2) is 3.60. The van der Waals surface area contributed by atoms with Crippen LogP contribution in [0.3, 0.4) is 0 Å². The summed E-state index contributed by atoms with van der Waals surface area (Å²) < 4.78 is 0. The summed E-state index contributed by atoms with van der Waals surface area (Å²) in [5.74, 6) is 0.973. The average molecular weight is 155 g/mol. The highest BCUT2D eigenvalue weighted by Crippen LogP contribution is 2.24. The molecule has 0 aromatic heterocycles.